The molecule has 0 unspecified atom stereocenters. The van der Waals surface area contributed by atoms with Gasteiger partial charge in [-0.25, -0.2) is 0 Å². The molecule has 0 radical (unpaired) electrons. The molecule has 0 fully saturated rings. The van der Waals surface area contributed by atoms with Gasteiger partial charge in [0.2, 0.25) is 5.91 Å². The van der Waals surface area contributed by atoms with Crippen LogP contribution in [0.1, 0.15) is 5.56 Å². The third-order valence-corrected chi connectivity index (χ3v) is 4.14. The monoisotopic (exact) mass is 423 g/mol. The van der Waals surface area contributed by atoms with Crippen molar-refractivity contribution in [1.29, 1.82) is 0 Å². The van der Waals surface area contributed by atoms with Gasteiger partial charge in [0.05, 0.1) is 30.8 Å². The summed E-state index contributed by atoms with van der Waals surface area (Å²) in [6, 6.07) is 10.9. The molecule has 0 saturated heterocycles. The molecule has 6 nitrogen and oxygen atoms in total. The van der Waals surface area contributed by atoms with Gasteiger partial charge in [0.1, 0.15) is 11.5 Å². The summed E-state index contributed by atoms with van der Waals surface area (Å²) in [7, 11) is 3.16. The minimum atomic E-state index is -0.366. The van der Waals surface area contributed by atoms with E-state index in [1.807, 2.05) is 30.3 Å². The first-order chi connectivity index (χ1) is 11.9. The van der Waals surface area contributed by atoms with Crippen molar-refractivity contribution in [2.24, 2.45) is 5.73 Å². The molecule has 8 heteroatoms. The van der Waals surface area contributed by atoms with E-state index in [-0.39, 0.29) is 12.3 Å². The fraction of sp³-hybridized carbons (Fsp3) is 0.176. The van der Waals surface area contributed by atoms with Crippen molar-refractivity contribution >= 4 is 50.5 Å². The van der Waals surface area contributed by atoms with E-state index in [9.17, 15) is 4.79 Å². The first-order valence-corrected chi connectivity index (χ1v) is 8.50. The number of amides is 1. The molecular formula is C17H18BrN3O3S. The molecule has 0 atom stereocenters. The van der Waals surface area contributed by atoms with Crippen LogP contribution < -0.4 is 25.8 Å². The number of nitrogens with two attached hydrogens (primary N) is 1. The molecular weight excluding hydrogens is 406 g/mol. The molecule has 0 bridgehead atoms. The van der Waals surface area contributed by atoms with Gasteiger partial charge < -0.3 is 25.8 Å². The summed E-state index contributed by atoms with van der Waals surface area (Å²) in [4.78, 5) is 10.9. The number of primary amides is 1. The molecule has 0 aliphatic rings. The molecule has 2 aromatic rings. The molecule has 25 heavy (non-hydrogen) atoms. The average molecular weight is 424 g/mol. The number of thiocarbonyl (C=S) groups is 1. The molecule has 4 N–H and O–H groups in total. The SMILES string of the molecule is COc1cc(OC)c(NC(=S)Nc2ccc(CC(N)=O)cc2)cc1Br. The zero-order valence-corrected chi connectivity index (χ0v) is 16.2. The topological polar surface area (TPSA) is 85.6 Å². The van der Waals surface area contributed by atoms with Crippen molar-refractivity contribution in [3.8, 4) is 11.5 Å². The molecule has 0 heterocycles. The summed E-state index contributed by atoms with van der Waals surface area (Å²) in [6.45, 7) is 0. The maximum Gasteiger partial charge on any atom is 0.221 e. The summed E-state index contributed by atoms with van der Waals surface area (Å²) in [5.41, 5.74) is 7.51. The summed E-state index contributed by atoms with van der Waals surface area (Å²) in [6.07, 6.45) is 0.208. The predicted octanol–water partition coefficient (Wildman–Crippen LogP) is 3.30. The van der Waals surface area contributed by atoms with Crippen LogP contribution in [-0.2, 0) is 11.2 Å². The molecule has 1 amide bonds. The molecule has 0 spiro atoms. The Kier molecular flexibility index (Phi) is 6.60. The molecule has 0 aliphatic carbocycles. The Hall–Kier alpha value is -2.32. The van der Waals surface area contributed by atoms with Gasteiger partial charge >= 0.3 is 0 Å². The minimum Gasteiger partial charge on any atom is -0.495 e. The van der Waals surface area contributed by atoms with Crippen molar-refractivity contribution in [2.45, 2.75) is 6.42 Å². The molecule has 0 aromatic heterocycles. The number of hydrogen-bond acceptors (Lipinski definition) is 4. The Morgan fingerprint density at radius 3 is 2.32 bits per heavy atom. The number of carbonyl (C=O) groups is 1. The predicted molar refractivity (Wildman–Crippen MR) is 106 cm³/mol. The lowest BCUT2D eigenvalue weighted by Gasteiger charge is -2.15. The third kappa shape index (κ3) is 5.33. The van der Waals surface area contributed by atoms with Gasteiger partial charge in [0.25, 0.3) is 0 Å². The van der Waals surface area contributed by atoms with Gasteiger partial charge in [-0.3, -0.25) is 4.79 Å². The second-order valence-corrected chi connectivity index (χ2v) is 6.37. The highest BCUT2D eigenvalue weighted by Gasteiger charge is 2.11. The Labute approximate surface area is 159 Å². The van der Waals surface area contributed by atoms with E-state index in [0.29, 0.717) is 22.3 Å². The maximum atomic E-state index is 10.9. The fourth-order valence-electron chi connectivity index (χ4n) is 2.15. The highest BCUT2D eigenvalue weighted by atomic mass is 79.9. The average Bonchev–Trinajstić information content (AvgIpc) is 2.56. The smallest absolute Gasteiger partial charge is 0.221 e. The third-order valence-electron chi connectivity index (χ3n) is 3.31. The lowest BCUT2D eigenvalue weighted by Crippen LogP contribution is -2.19. The largest absolute Gasteiger partial charge is 0.495 e. The van der Waals surface area contributed by atoms with Crippen LogP contribution in [0.15, 0.2) is 40.9 Å². The van der Waals surface area contributed by atoms with Crippen LogP contribution in [-0.4, -0.2) is 25.2 Å². The summed E-state index contributed by atoms with van der Waals surface area (Å²) in [5, 5.41) is 6.56. The van der Waals surface area contributed by atoms with Gasteiger partial charge in [-0.1, -0.05) is 12.1 Å². The van der Waals surface area contributed by atoms with Crippen LogP contribution in [0, 0.1) is 0 Å². The lowest BCUT2D eigenvalue weighted by atomic mass is 10.1. The van der Waals surface area contributed by atoms with E-state index >= 15 is 0 Å². The van der Waals surface area contributed by atoms with Crippen LogP contribution in [0.2, 0.25) is 0 Å². The van der Waals surface area contributed by atoms with Gasteiger partial charge in [0.15, 0.2) is 5.11 Å². The van der Waals surface area contributed by atoms with Crippen LogP contribution in [0.4, 0.5) is 11.4 Å². The summed E-state index contributed by atoms with van der Waals surface area (Å²) < 4.78 is 11.4. The number of nitrogens with one attached hydrogen (secondary N) is 2. The Morgan fingerprint density at radius 1 is 1.12 bits per heavy atom. The second kappa shape index (κ2) is 8.68. The number of anilines is 2. The normalized spacial score (nSPS) is 10.0. The van der Waals surface area contributed by atoms with Crippen molar-refractivity contribution in [3.05, 3.63) is 46.4 Å². The highest BCUT2D eigenvalue weighted by molar-refractivity contribution is 9.10. The molecule has 2 rings (SSSR count). The minimum absolute atomic E-state index is 0.208. The van der Waals surface area contributed by atoms with E-state index < -0.39 is 0 Å². The molecule has 0 aliphatic heterocycles. The van der Waals surface area contributed by atoms with E-state index in [1.54, 1.807) is 20.3 Å². The number of ether oxygens (including phenoxy) is 2. The van der Waals surface area contributed by atoms with Gasteiger partial charge in [-0.05, 0) is 51.9 Å². The number of rotatable bonds is 6. The van der Waals surface area contributed by atoms with Crippen LogP contribution in [0.5, 0.6) is 11.5 Å². The van der Waals surface area contributed by atoms with Crippen molar-refractivity contribution in [1.82, 2.24) is 0 Å². The lowest BCUT2D eigenvalue weighted by molar-refractivity contribution is -0.117. The Balaban J connectivity index is 2.07. The molecule has 2 aromatic carbocycles. The first-order valence-electron chi connectivity index (χ1n) is 7.29. The second-order valence-electron chi connectivity index (χ2n) is 5.11. The standard InChI is InChI=1S/C17H18BrN3O3S/c1-23-14-9-15(24-2)13(8-12(14)18)21-17(25)20-11-5-3-10(4-6-11)7-16(19)22/h3-6,8-9H,7H2,1-2H3,(H2,19,22)(H2,20,21,25). The van der Waals surface area contributed by atoms with E-state index in [2.05, 4.69) is 26.6 Å². The van der Waals surface area contributed by atoms with Crippen molar-refractivity contribution in [3.63, 3.8) is 0 Å². The zero-order valence-electron chi connectivity index (χ0n) is 13.8. The molecule has 0 saturated carbocycles. The number of carbonyl (C=O) groups excluding carboxylic acids is 1. The first kappa shape index (κ1) is 19.0. The molecule has 132 valence electrons. The van der Waals surface area contributed by atoms with E-state index in [0.717, 1.165) is 15.7 Å². The summed E-state index contributed by atoms with van der Waals surface area (Å²) >= 11 is 8.77. The number of hydrogen-bond donors (Lipinski definition) is 3. The number of methoxy groups -OCH3 is 2. The van der Waals surface area contributed by atoms with Gasteiger partial charge in [-0.15, -0.1) is 0 Å². The van der Waals surface area contributed by atoms with E-state index in [1.165, 1.54) is 0 Å². The van der Waals surface area contributed by atoms with Gasteiger partial charge in [-0.2, -0.15) is 0 Å². The van der Waals surface area contributed by atoms with Crippen LogP contribution >= 0.6 is 28.1 Å². The zero-order chi connectivity index (χ0) is 18.4. The van der Waals surface area contributed by atoms with Crippen LogP contribution in [0.3, 0.4) is 0 Å². The Morgan fingerprint density at radius 2 is 1.76 bits per heavy atom. The maximum absolute atomic E-state index is 10.9. The van der Waals surface area contributed by atoms with Gasteiger partial charge in [0, 0.05) is 11.8 Å². The Bertz CT molecular complexity index is 781. The number of halogens is 1. The fourth-order valence-corrected chi connectivity index (χ4v) is 2.88. The number of benzene rings is 2. The van der Waals surface area contributed by atoms with Crippen molar-refractivity contribution < 1.29 is 14.3 Å². The van der Waals surface area contributed by atoms with E-state index in [4.69, 9.17) is 27.4 Å². The van der Waals surface area contributed by atoms with Crippen molar-refractivity contribution in [2.75, 3.05) is 24.9 Å². The quantitative estimate of drug-likeness (QED) is 0.617. The summed E-state index contributed by atoms with van der Waals surface area (Å²) in [5.74, 6) is 0.891. The highest BCUT2D eigenvalue weighted by Crippen LogP contribution is 2.36. The van der Waals surface area contributed by atoms with Crippen LogP contribution in [0.25, 0.3) is 0 Å².